The number of carbonyl (C=O) groups is 1. The van der Waals surface area contributed by atoms with Crippen LogP contribution >= 0.6 is 15.9 Å². The Labute approximate surface area is 134 Å². The fraction of sp³-hybridized carbons (Fsp3) is 0.500. The van der Waals surface area contributed by atoms with E-state index in [9.17, 15) is 18.0 Å². The summed E-state index contributed by atoms with van der Waals surface area (Å²) >= 11 is 3.13. The number of alkyl halides is 3. The third-order valence-electron chi connectivity index (χ3n) is 3.48. The Bertz CT molecular complexity index is 543. The van der Waals surface area contributed by atoms with Crippen molar-refractivity contribution in [2.24, 2.45) is 0 Å². The Morgan fingerprint density at radius 3 is 2.50 bits per heavy atom. The van der Waals surface area contributed by atoms with Gasteiger partial charge in [0.25, 0.3) is 5.91 Å². The van der Waals surface area contributed by atoms with Crippen LogP contribution in [0.2, 0.25) is 0 Å². The summed E-state index contributed by atoms with van der Waals surface area (Å²) in [6, 6.07) is 4.03. The molecule has 0 radical (unpaired) electrons. The summed E-state index contributed by atoms with van der Waals surface area (Å²) in [5.41, 5.74) is -0.115. The summed E-state index contributed by atoms with van der Waals surface area (Å²) in [7, 11) is 1.60. The number of halogens is 4. The fourth-order valence-corrected chi connectivity index (χ4v) is 2.89. The van der Waals surface area contributed by atoms with Gasteiger partial charge in [0.05, 0.1) is 11.7 Å². The van der Waals surface area contributed by atoms with Crippen LogP contribution in [-0.4, -0.2) is 43.5 Å². The first-order valence-electron chi connectivity index (χ1n) is 6.68. The number of hydrogen-bond donors (Lipinski definition) is 0. The summed E-state index contributed by atoms with van der Waals surface area (Å²) in [6.07, 6.45) is -3.46. The van der Waals surface area contributed by atoms with Crippen molar-refractivity contribution < 1.29 is 27.4 Å². The Morgan fingerprint density at radius 1 is 1.32 bits per heavy atom. The van der Waals surface area contributed by atoms with Gasteiger partial charge in [0.2, 0.25) is 0 Å². The number of hydrogen-bond acceptors (Lipinski definition) is 3. The number of nitrogens with zero attached hydrogens (tertiary/aromatic N) is 1. The number of amides is 1. The molecule has 1 fully saturated rings. The molecule has 1 aliphatic rings. The van der Waals surface area contributed by atoms with E-state index >= 15 is 0 Å². The van der Waals surface area contributed by atoms with E-state index in [1.54, 1.807) is 7.11 Å². The van der Waals surface area contributed by atoms with Crippen LogP contribution in [0.1, 0.15) is 23.2 Å². The number of piperidine rings is 1. The first-order chi connectivity index (χ1) is 10.3. The molecule has 0 aromatic heterocycles. The standard InChI is InChI=1S/C14H15BrF3NO3/c1-21-9-5-7-19(8-6-9)13(20)12-10(15)3-2-4-11(12)22-14(16,17)18/h2-4,9H,5-8H2,1H3. The van der Waals surface area contributed by atoms with Crippen molar-refractivity contribution in [3.05, 3.63) is 28.2 Å². The summed E-state index contributed by atoms with van der Waals surface area (Å²) in [5, 5.41) is 0. The topological polar surface area (TPSA) is 38.8 Å². The SMILES string of the molecule is COC1CCN(C(=O)c2c(Br)cccc2OC(F)(F)F)CC1. The van der Waals surface area contributed by atoms with Crippen molar-refractivity contribution in [3.63, 3.8) is 0 Å². The van der Waals surface area contributed by atoms with Gasteiger partial charge in [-0.3, -0.25) is 4.79 Å². The molecule has 0 saturated carbocycles. The number of ether oxygens (including phenoxy) is 2. The van der Waals surface area contributed by atoms with Gasteiger partial charge in [-0.25, -0.2) is 0 Å². The highest BCUT2D eigenvalue weighted by Crippen LogP contribution is 2.33. The van der Waals surface area contributed by atoms with E-state index in [1.807, 2.05) is 0 Å². The summed E-state index contributed by atoms with van der Waals surface area (Å²) in [5.74, 6) is -0.984. The van der Waals surface area contributed by atoms with Gasteiger partial charge in [0.1, 0.15) is 5.75 Å². The highest BCUT2D eigenvalue weighted by Gasteiger charge is 2.34. The molecule has 0 aliphatic carbocycles. The Hall–Kier alpha value is -1.28. The van der Waals surface area contributed by atoms with Gasteiger partial charge < -0.3 is 14.4 Å². The van der Waals surface area contributed by atoms with Gasteiger partial charge in [-0.15, -0.1) is 13.2 Å². The molecular formula is C14H15BrF3NO3. The molecule has 22 heavy (non-hydrogen) atoms. The van der Waals surface area contributed by atoms with E-state index in [-0.39, 0.29) is 16.1 Å². The minimum absolute atomic E-state index is 0.0779. The molecule has 1 aromatic rings. The van der Waals surface area contributed by atoms with Crippen molar-refractivity contribution in [3.8, 4) is 5.75 Å². The molecule has 0 N–H and O–H groups in total. The second-order valence-corrected chi connectivity index (χ2v) is 5.74. The van der Waals surface area contributed by atoms with Crippen molar-refractivity contribution in [1.82, 2.24) is 4.90 Å². The van der Waals surface area contributed by atoms with Gasteiger partial charge in [-0.2, -0.15) is 0 Å². The van der Waals surface area contributed by atoms with Crippen LogP contribution in [0.4, 0.5) is 13.2 Å². The van der Waals surface area contributed by atoms with Crippen molar-refractivity contribution in [2.45, 2.75) is 25.3 Å². The normalized spacial score (nSPS) is 16.7. The molecule has 1 aromatic carbocycles. The first-order valence-corrected chi connectivity index (χ1v) is 7.47. The molecule has 1 aliphatic heterocycles. The van der Waals surface area contributed by atoms with Crippen molar-refractivity contribution in [2.75, 3.05) is 20.2 Å². The van der Waals surface area contributed by atoms with E-state index in [1.165, 1.54) is 17.0 Å². The molecule has 8 heteroatoms. The summed E-state index contributed by atoms with van der Waals surface area (Å²) < 4.78 is 46.9. The predicted molar refractivity (Wildman–Crippen MR) is 76.8 cm³/mol. The van der Waals surface area contributed by atoms with Crippen LogP contribution in [-0.2, 0) is 4.74 Å². The number of methoxy groups -OCH3 is 1. The smallest absolute Gasteiger partial charge is 0.405 e. The van der Waals surface area contributed by atoms with Gasteiger partial charge in [-0.1, -0.05) is 6.07 Å². The van der Waals surface area contributed by atoms with Crippen LogP contribution in [0, 0.1) is 0 Å². The lowest BCUT2D eigenvalue weighted by Crippen LogP contribution is -2.41. The molecule has 4 nitrogen and oxygen atoms in total. The molecule has 1 saturated heterocycles. The quantitative estimate of drug-likeness (QED) is 0.802. The molecule has 0 atom stereocenters. The molecule has 0 unspecified atom stereocenters. The molecule has 1 heterocycles. The van der Waals surface area contributed by atoms with Crippen LogP contribution < -0.4 is 4.74 Å². The highest BCUT2D eigenvalue weighted by molar-refractivity contribution is 9.10. The first kappa shape index (κ1) is 17.1. The molecule has 2 rings (SSSR count). The van der Waals surface area contributed by atoms with Gasteiger partial charge in [0, 0.05) is 24.7 Å². The number of rotatable bonds is 3. The molecule has 0 spiro atoms. The average molecular weight is 382 g/mol. The lowest BCUT2D eigenvalue weighted by atomic mass is 10.1. The molecule has 122 valence electrons. The Balaban J connectivity index is 2.22. The average Bonchev–Trinajstić information content (AvgIpc) is 2.45. The van der Waals surface area contributed by atoms with Gasteiger partial charge >= 0.3 is 6.36 Å². The number of likely N-dealkylation sites (tertiary alicyclic amines) is 1. The lowest BCUT2D eigenvalue weighted by molar-refractivity contribution is -0.274. The number of benzene rings is 1. The zero-order valence-corrected chi connectivity index (χ0v) is 13.4. The van der Waals surface area contributed by atoms with Crippen molar-refractivity contribution >= 4 is 21.8 Å². The maximum atomic E-state index is 12.5. The third-order valence-corrected chi connectivity index (χ3v) is 4.14. The van der Waals surface area contributed by atoms with E-state index in [0.717, 1.165) is 6.07 Å². The van der Waals surface area contributed by atoms with Crippen LogP contribution in [0.15, 0.2) is 22.7 Å². The molecule has 0 bridgehead atoms. The highest BCUT2D eigenvalue weighted by atomic mass is 79.9. The van der Waals surface area contributed by atoms with E-state index in [2.05, 4.69) is 20.7 Å². The van der Waals surface area contributed by atoms with E-state index in [4.69, 9.17) is 4.74 Å². The minimum Gasteiger partial charge on any atom is -0.405 e. The Kier molecular flexibility index (Phi) is 5.33. The maximum Gasteiger partial charge on any atom is 0.573 e. The van der Waals surface area contributed by atoms with Crippen molar-refractivity contribution in [1.29, 1.82) is 0 Å². The largest absolute Gasteiger partial charge is 0.573 e. The van der Waals surface area contributed by atoms with E-state index < -0.39 is 18.0 Å². The number of carbonyl (C=O) groups excluding carboxylic acids is 1. The van der Waals surface area contributed by atoms with Gasteiger partial charge in [0.15, 0.2) is 0 Å². The second kappa shape index (κ2) is 6.87. The predicted octanol–water partition coefficient (Wildman–Crippen LogP) is 3.60. The van der Waals surface area contributed by atoms with Crippen LogP contribution in [0.25, 0.3) is 0 Å². The monoisotopic (exact) mass is 381 g/mol. The third kappa shape index (κ3) is 4.13. The zero-order chi connectivity index (χ0) is 16.3. The molecular weight excluding hydrogens is 367 g/mol. The Morgan fingerprint density at radius 2 is 1.95 bits per heavy atom. The lowest BCUT2D eigenvalue weighted by Gasteiger charge is -2.31. The summed E-state index contributed by atoms with van der Waals surface area (Å²) in [6.45, 7) is 0.869. The van der Waals surface area contributed by atoms with Gasteiger partial charge in [-0.05, 0) is 40.9 Å². The fourth-order valence-electron chi connectivity index (χ4n) is 2.37. The maximum absolute atomic E-state index is 12.5. The van der Waals surface area contributed by atoms with E-state index in [0.29, 0.717) is 25.9 Å². The minimum atomic E-state index is -4.85. The van der Waals surface area contributed by atoms with Crippen LogP contribution in [0.3, 0.4) is 0 Å². The summed E-state index contributed by atoms with van der Waals surface area (Å²) in [4.78, 5) is 14.0. The molecule has 1 amide bonds. The zero-order valence-electron chi connectivity index (χ0n) is 11.8. The van der Waals surface area contributed by atoms with Crippen LogP contribution in [0.5, 0.6) is 5.75 Å². The second-order valence-electron chi connectivity index (χ2n) is 4.89.